The minimum absolute atomic E-state index is 0.0475. The van der Waals surface area contributed by atoms with E-state index in [-0.39, 0.29) is 12.3 Å². The fourth-order valence-corrected chi connectivity index (χ4v) is 3.86. The van der Waals surface area contributed by atoms with E-state index < -0.39 is 12.0 Å². The molecule has 1 atom stereocenters. The molecule has 1 fully saturated rings. The maximum Gasteiger partial charge on any atom is 0.354 e. The third-order valence-electron chi connectivity index (χ3n) is 5.12. The maximum atomic E-state index is 13.3. The highest BCUT2D eigenvalue weighted by atomic mass is 16.5. The van der Waals surface area contributed by atoms with Crippen LogP contribution in [0.1, 0.15) is 46.0 Å². The molecule has 1 aliphatic heterocycles. The van der Waals surface area contributed by atoms with Crippen LogP contribution in [0.4, 0.5) is 5.69 Å². The van der Waals surface area contributed by atoms with E-state index in [2.05, 4.69) is 5.10 Å². The summed E-state index contributed by atoms with van der Waals surface area (Å²) in [5, 5.41) is 6.14. The minimum Gasteiger partial charge on any atom is -0.461 e. The summed E-state index contributed by atoms with van der Waals surface area (Å²) >= 11 is 0. The fraction of sp³-hybridized carbons (Fsp3) is 0.550. The van der Waals surface area contributed by atoms with E-state index in [1.165, 1.54) is 12.8 Å². The fourth-order valence-electron chi connectivity index (χ4n) is 3.86. The average molecular weight is 357 g/mol. The molecule has 1 aromatic rings. The van der Waals surface area contributed by atoms with E-state index in [1.807, 2.05) is 42.2 Å². The Morgan fingerprint density at radius 1 is 1.19 bits per heavy atom. The van der Waals surface area contributed by atoms with Gasteiger partial charge in [-0.1, -0.05) is 31.0 Å². The van der Waals surface area contributed by atoms with E-state index in [1.54, 1.807) is 11.9 Å². The molecule has 0 saturated heterocycles. The standard InChI is InChI=1S/C20H27N3O3/c1-3-22(15-10-8-9-11-15)19(24)18-14-17(20(25)26-4-2)21-23(18)16-12-6-5-7-13-16/h5-7,12-13,15,18H,3-4,8-11,14H2,1-2H3. The lowest BCUT2D eigenvalue weighted by Gasteiger charge is -2.33. The number of carbonyl (C=O) groups excluding carboxylic acids is 2. The number of likely N-dealkylation sites (N-methyl/N-ethyl adjacent to an activating group) is 1. The molecule has 1 unspecified atom stereocenters. The van der Waals surface area contributed by atoms with E-state index in [9.17, 15) is 9.59 Å². The molecule has 26 heavy (non-hydrogen) atoms. The lowest BCUT2D eigenvalue weighted by molar-refractivity contribution is -0.135. The molecule has 1 aliphatic carbocycles. The van der Waals surface area contributed by atoms with Gasteiger partial charge in [0.25, 0.3) is 0 Å². The monoisotopic (exact) mass is 357 g/mol. The first kappa shape index (κ1) is 18.4. The Morgan fingerprint density at radius 2 is 1.88 bits per heavy atom. The van der Waals surface area contributed by atoms with Crippen LogP contribution in [0.25, 0.3) is 0 Å². The van der Waals surface area contributed by atoms with Gasteiger partial charge in [-0.25, -0.2) is 4.79 Å². The van der Waals surface area contributed by atoms with Crippen molar-refractivity contribution in [3.63, 3.8) is 0 Å². The summed E-state index contributed by atoms with van der Waals surface area (Å²) in [6, 6.07) is 9.36. The molecular formula is C20H27N3O3. The Bertz CT molecular complexity index is 668. The predicted molar refractivity (Wildman–Crippen MR) is 101 cm³/mol. The quantitative estimate of drug-likeness (QED) is 0.735. The minimum atomic E-state index is -0.489. The highest BCUT2D eigenvalue weighted by Crippen LogP contribution is 2.29. The van der Waals surface area contributed by atoms with Crippen LogP contribution in [0.15, 0.2) is 35.4 Å². The zero-order valence-corrected chi connectivity index (χ0v) is 15.6. The first-order valence-corrected chi connectivity index (χ1v) is 9.55. The van der Waals surface area contributed by atoms with Crippen LogP contribution in [0.5, 0.6) is 0 Å². The topological polar surface area (TPSA) is 62.2 Å². The Kier molecular flexibility index (Phi) is 5.91. The third-order valence-corrected chi connectivity index (χ3v) is 5.12. The zero-order valence-electron chi connectivity index (χ0n) is 15.6. The van der Waals surface area contributed by atoms with Crippen molar-refractivity contribution in [3.8, 4) is 0 Å². The van der Waals surface area contributed by atoms with Crippen LogP contribution in [0.2, 0.25) is 0 Å². The van der Waals surface area contributed by atoms with Gasteiger partial charge in [0.2, 0.25) is 5.91 Å². The highest BCUT2D eigenvalue weighted by molar-refractivity contribution is 6.38. The van der Waals surface area contributed by atoms with Gasteiger partial charge >= 0.3 is 5.97 Å². The smallest absolute Gasteiger partial charge is 0.354 e. The van der Waals surface area contributed by atoms with Gasteiger partial charge in [0, 0.05) is 19.0 Å². The lowest BCUT2D eigenvalue weighted by atomic mass is 10.1. The van der Waals surface area contributed by atoms with E-state index >= 15 is 0 Å². The Hall–Kier alpha value is -2.37. The Balaban J connectivity index is 1.86. The second kappa shape index (κ2) is 8.34. The normalized spacial score (nSPS) is 20.2. The maximum absolute atomic E-state index is 13.3. The summed E-state index contributed by atoms with van der Waals surface area (Å²) in [6.45, 7) is 4.76. The van der Waals surface area contributed by atoms with Crippen molar-refractivity contribution in [3.05, 3.63) is 30.3 Å². The molecular weight excluding hydrogens is 330 g/mol. The van der Waals surface area contributed by atoms with Gasteiger partial charge in [0.05, 0.1) is 12.3 Å². The number of nitrogens with zero attached hydrogens (tertiary/aromatic N) is 3. The molecule has 1 saturated carbocycles. The molecule has 6 heteroatoms. The van der Waals surface area contributed by atoms with Crippen LogP contribution in [0, 0.1) is 0 Å². The Labute approximate surface area is 154 Å². The number of rotatable bonds is 6. The second-order valence-corrected chi connectivity index (χ2v) is 6.73. The molecule has 3 rings (SSSR count). The molecule has 1 amide bonds. The molecule has 0 N–H and O–H groups in total. The van der Waals surface area contributed by atoms with Crippen molar-refractivity contribution in [1.82, 2.24) is 4.90 Å². The Morgan fingerprint density at radius 3 is 2.50 bits per heavy atom. The first-order valence-electron chi connectivity index (χ1n) is 9.55. The molecule has 1 heterocycles. The number of amides is 1. The van der Waals surface area contributed by atoms with E-state index in [0.29, 0.717) is 24.9 Å². The third kappa shape index (κ3) is 3.74. The summed E-state index contributed by atoms with van der Waals surface area (Å²) in [7, 11) is 0. The van der Waals surface area contributed by atoms with Crippen LogP contribution in [-0.2, 0) is 14.3 Å². The molecule has 6 nitrogen and oxygen atoms in total. The van der Waals surface area contributed by atoms with Gasteiger partial charge in [0.1, 0.15) is 11.8 Å². The average Bonchev–Trinajstić information content (AvgIpc) is 3.33. The van der Waals surface area contributed by atoms with Crippen molar-refractivity contribution in [2.75, 3.05) is 18.2 Å². The van der Waals surface area contributed by atoms with Gasteiger partial charge < -0.3 is 9.64 Å². The van der Waals surface area contributed by atoms with Crippen LogP contribution in [0.3, 0.4) is 0 Å². The second-order valence-electron chi connectivity index (χ2n) is 6.73. The number of hydrogen-bond acceptors (Lipinski definition) is 5. The van der Waals surface area contributed by atoms with E-state index in [4.69, 9.17) is 4.74 Å². The highest BCUT2D eigenvalue weighted by Gasteiger charge is 2.40. The first-order chi connectivity index (χ1) is 12.7. The lowest BCUT2D eigenvalue weighted by Crippen LogP contribution is -2.49. The molecule has 0 spiro atoms. The van der Waals surface area contributed by atoms with Crippen molar-refractivity contribution in [2.45, 2.75) is 58.0 Å². The SMILES string of the molecule is CCOC(=O)C1=NN(c2ccccc2)C(C(=O)N(CC)C2CCCC2)C1. The number of hydrogen-bond donors (Lipinski definition) is 0. The van der Waals surface area contributed by atoms with Crippen molar-refractivity contribution in [2.24, 2.45) is 5.10 Å². The van der Waals surface area contributed by atoms with Gasteiger partial charge in [-0.05, 0) is 38.8 Å². The number of esters is 1. The largest absolute Gasteiger partial charge is 0.461 e. The molecule has 1 aromatic carbocycles. The molecule has 2 aliphatic rings. The molecule has 140 valence electrons. The summed E-state index contributed by atoms with van der Waals surface area (Å²) in [6.07, 6.45) is 4.75. The zero-order chi connectivity index (χ0) is 18.5. The summed E-state index contributed by atoms with van der Waals surface area (Å²) in [5.41, 5.74) is 1.13. The predicted octanol–water partition coefficient (Wildman–Crippen LogP) is 2.98. The number of anilines is 1. The van der Waals surface area contributed by atoms with Crippen LogP contribution < -0.4 is 5.01 Å². The van der Waals surface area contributed by atoms with Crippen molar-refractivity contribution >= 4 is 23.3 Å². The van der Waals surface area contributed by atoms with Gasteiger partial charge in [0.15, 0.2) is 0 Å². The molecule has 0 bridgehead atoms. The van der Waals surface area contributed by atoms with Gasteiger partial charge in [-0.2, -0.15) is 5.10 Å². The van der Waals surface area contributed by atoms with E-state index in [0.717, 1.165) is 18.5 Å². The number of para-hydroxylation sites is 1. The molecule has 0 aromatic heterocycles. The summed E-state index contributed by atoms with van der Waals surface area (Å²) < 4.78 is 5.10. The summed E-state index contributed by atoms with van der Waals surface area (Å²) in [5.74, 6) is -0.390. The van der Waals surface area contributed by atoms with Gasteiger partial charge in [-0.15, -0.1) is 0 Å². The number of carbonyl (C=O) groups is 2. The van der Waals surface area contributed by atoms with Crippen LogP contribution in [-0.4, -0.2) is 47.7 Å². The number of hydrazone groups is 1. The van der Waals surface area contributed by atoms with Crippen molar-refractivity contribution < 1.29 is 14.3 Å². The van der Waals surface area contributed by atoms with Crippen molar-refractivity contribution in [1.29, 1.82) is 0 Å². The molecule has 0 radical (unpaired) electrons. The number of benzene rings is 1. The number of ether oxygens (including phenoxy) is 1. The van der Waals surface area contributed by atoms with Gasteiger partial charge in [-0.3, -0.25) is 9.80 Å². The summed E-state index contributed by atoms with van der Waals surface area (Å²) in [4.78, 5) is 27.5. The van der Waals surface area contributed by atoms with Crippen LogP contribution >= 0.6 is 0 Å².